The van der Waals surface area contributed by atoms with Crippen LogP contribution in [0.25, 0.3) is 0 Å². The van der Waals surface area contributed by atoms with Gasteiger partial charge in [-0.05, 0) is 48.2 Å². The molecule has 2 aromatic carbocycles. The fourth-order valence-electron chi connectivity index (χ4n) is 2.24. The molecule has 0 aliphatic rings. The molecule has 0 aromatic heterocycles. The highest BCUT2D eigenvalue weighted by molar-refractivity contribution is 5.86. The fourth-order valence-corrected chi connectivity index (χ4v) is 2.24. The van der Waals surface area contributed by atoms with Crippen molar-refractivity contribution in [3.63, 3.8) is 0 Å². The van der Waals surface area contributed by atoms with Crippen LogP contribution in [-0.4, -0.2) is 25.3 Å². The third kappa shape index (κ3) is 5.64. The van der Waals surface area contributed by atoms with Crippen molar-refractivity contribution in [3.05, 3.63) is 59.7 Å². The van der Waals surface area contributed by atoms with Gasteiger partial charge in [-0.25, -0.2) is 5.43 Å². The van der Waals surface area contributed by atoms with E-state index in [1.807, 2.05) is 36.4 Å². The molecule has 0 bridgehead atoms. The second-order valence-electron chi connectivity index (χ2n) is 6.15. The van der Waals surface area contributed by atoms with E-state index in [9.17, 15) is 4.79 Å². The number of nitrogens with one attached hydrogen (secondary N) is 2. The number of hydrogen-bond donors (Lipinski definition) is 2. The maximum atomic E-state index is 12.1. The molecule has 0 aliphatic heterocycles. The van der Waals surface area contributed by atoms with Gasteiger partial charge in [-0.15, -0.1) is 0 Å². The molecule has 1 atom stereocenters. The first kappa shape index (κ1) is 18.5. The van der Waals surface area contributed by atoms with Crippen molar-refractivity contribution < 1.29 is 9.53 Å². The quantitative estimate of drug-likeness (QED) is 0.596. The summed E-state index contributed by atoms with van der Waals surface area (Å²) in [5.74, 6) is 1.07. The second-order valence-corrected chi connectivity index (χ2v) is 6.15. The molecule has 0 heterocycles. The molecule has 2 rings (SSSR count). The molecule has 5 nitrogen and oxygen atoms in total. The van der Waals surface area contributed by atoms with Crippen molar-refractivity contribution in [2.75, 3.05) is 12.4 Å². The summed E-state index contributed by atoms with van der Waals surface area (Å²) < 4.78 is 5.11. The topological polar surface area (TPSA) is 62.7 Å². The van der Waals surface area contributed by atoms with Gasteiger partial charge in [0.2, 0.25) is 0 Å². The van der Waals surface area contributed by atoms with Crippen LogP contribution < -0.4 is 15.5 Å². The van der Waals surface area contributed by atoms with Crippen LogP contribution in [0.5, 0.6) is 5.75 Å². The van der Waals surface area contributed by atoms with Crippen LogP contribution in [0.4, 0.5) is 5.69 Å². The van der Waals surface area contributed by atoms with Gasteiger partial charge in [0.15, 0.2) is 0 Å². The third-order valence-corrected chi connectivity index (χ3v) is 3.86. The van der Waals surface area contributed by atoms with E-state index in [1.54, 1.807) is 20.2 Å². The van der Waals surface area contributed by atoms with Gasteiger partial charge in [-0.3, -0.25) is 4.79 Å². The molecule has 0 radical (unpaired) electrons. The molecule has 1 amide bonds. The Balaban J connectivity index is 1.85. The lowest BCUT2D eigenvalue weighted by molar-refractivity contribution is -0.121. The Hall–Kier alpha value is -2.82. The molecule has 0 unspecified atom stereocenters. The minimum atomic E-state index is -0.408. The molecular formula is C20H25N3O2. The number of benzene rings is 2. The number of rotatable bonds is 7. The highest BCUT2D eigenvalue weighted by atomic mass is 16.5. The maximum Gasteiger partial charge on any atom is 0.262 e. The SMILES string of the molecule is COc1ccc(N[C@H](C)C(=O)N/N=C\c2ccc(C(C)C)cc2)cc1. The lowest BCUT2D eigenvalue weighted by Gasteiger charge is -2.13. The van der Waals surface area contributed by atoms with Crippen LogP contribution in [0.3, 0.4) is 0 Å². The van der Waals surface area contributed by atoms with Crippen LogP contribution in [-0.2, 0) is 4.79 Å². The Morgan fingerprint density at radius 1 is 1.04 bits per heavy atom. The summed E-state index contributed by atoms with van der Waals surface area (Å²) in [5.41, 5.74) is 5.62. The smallest absolute Gasteiger partial charge is 0.262 e. The Kier molecular flexibility index (Phi) is 6.57. The number of methoxy groups -OCH3 is 1. The van der Waals surface area contributed by atoms with Gasteiger partial charge < -0.3 is 10.1 Å². The van der Waals surface area contributed by atoms with Gasteiger partial charge >= 0.3 is 0 Å². The standard InChI is InChI=1S/C20H25N3O2/c1-14(2)17-7-5-16(6-8-17)13-21-23-20(24)15(3)22-18-9-11-19(25-4)12-10-18/h5-15,22H,1-4H3,(H,23,24)/b21-13-/t15-/m1/s1. The minimum absolute atomic E-state index is 0.203. The number of carbonyl (C=O) groups excluding carboxylic acids is 1. The number of ether oxygens (including phenoxy) is 1. The van der Waals surface area contributed by atoms with Crippen molar-refractivity contribution in [3.8, 4) is 5.75 Å². The van der Waals surface area contributed by atoms with Crippen molar-refractivity contribution in [2.24, 2.45) is 5.10 Å². The largest absolute Gasteiger partial charge is 0.497 e. The van der Waals surface area contributed by atoms with Crippen molar-refractivity contribution >= 4 is 17.8 Å². The predicted molar refractivity (Wildman–Crippen MR) is 102 cm³/mol. The molecule has 0 saturated heterocycles. The van der Waals surface area contributed by atoms with Gasteiger partial charge in [0, 0.05) is 5.69 Å². The summed E-state index contributed by atoms with van der Waals surface area (Å²) >= 11 is 0. The molecule has 0 fully saturated rings. The second kappa shape index (κ2) is 8.87. The number of nitrogens with zero attached hydrogens (tertiary/aromatic N) is 1. The third-order valence-electron chi connectivity index (χ3n) is 3.86. The maximum absolute atomic E-state index is 12.1. The van der Waals surface area contributed by atoms with Gasteiger partial charge in [0.25, 0.3) is 5.91 Å². The number of hydrazone groups is 1. The van der Waals surface area contributed by atoms with Gasteiger partial charge in [0.05, 0.1) is 13.3 Å². The van der Waals surface area contributed by atoms with E-state index in [4.69, 9.17) is 4.74 Å². The van der Waals surface area contributed by atoms with Gasteiger partial charge in [-0.1, -0.05) is 38.1 Å². The summed E-state index contributed by atoms with van der Waals surface area (Å²) in [6.07, 6.45) is 1.64. The van der Waals surface area contributed by atoms with Crippen LogP contribution in [0.2, 0.25) is 0 Å². The van der Waals surface area contributed by atoms with E-state index in [-0.39, 0.29) is 5.91 Å². The zero-order valence-corrected chi connectivity index (χ0v) is 15.1. The van der Waals surface area contributed by atoms with Crippen molar-refractivity contribution in [1.82, 2.24) is 5.43 Å². The van der Waals surface area contributed by atoms with E-state index < -0.39 is 6.04 Å². The number of anilines is 1. The van der Waals surface area contributed by atoms with Crippen LogP contribution >= 0.6 is 0 Å². The van der Waals surface area contributed by atoms with Gasteiger partial charge in [0.1, 0.15) is 11.8 Å². The van der Waals surface area contributed by atoms with E-state index in [2.05, 4.69) is 41.8 Å². The summed E-state index contributed by atoms with van der Waals surface area (Å²) in [7, 11) is 1.62. The number of hydrogen-bond acceptors (Lipinski definition) is 4. The lowest BCUT2D eigenvalue weighted by Crippen LogP contribution is -2.34. The summed E-state index contributed by atoms with van der Waals surface area (Å²) in [6, 6.07) is 15.1. The summed E-state index contributed by atoms with van der Waals surface area (Å²) in [6.45, 7) is 6.09. The molecule has 0 spiro atoms. The molecule has 5 heteroatoms. The number of carbonyl (C=O) groups is 1. The first-order chi connectivity index (χ1) is 12.0. The zero-order valence-electron chi connectivity index (χ0n) is 15.1. The van der Waals surface area contributed by atoms with Crippen LogP contribution in [0.15, 0.2) is 53.6 Å². The first-order valence-corrected chi connectivity index (χ1v) is 8.33. The van der Waals surface area contributed by atoms with E-state index in [0.29, 0.717) is 5.92 Å². The zero-order chi connectivity index (χ0) is 18.2. The predicted octanol–water partition coefficient (Wildman–Crippen LogP) is 3.77. The molecule has 2 N–H and O–H groups in total. The average molecular weight is 339 g/mol. The normalized spacial score (nSPS) is 12.2. The van der Waals surface area contributed by atoms with Crippen molar-refractivity contribution in [1.29, 1.82) is 0 Å². The molecule has 0 saturated carbocycles. The Morgan fingerprint density at radius 2 is 1.68 bits per heavy atom. The van der Waals surface area contributed by atoms with E-state index >= 15 is 0 Å². The van der Waals surface area contributed by atoms with E-state index in [0.717, 1.165) is 17.0 Å². The minimum Gasteiger partial charge on any atom is -0.497 e. The molecular weight excluding hydrogens is 314 g/mol. The first-order valence-electron chi connectivity index (χ1n) is 8.33. The molecule has 2 aromatic rings. The Bertz CT molecular complexity index is 707. The summed E-state index contributed by atoms with van der Waals surface area (Å²) in [5, 5.41) is 7.14. The highest BCUT2D eigenvalue weighted by Gasteiger charge is 2.11. The fraction of sp³-hybridized carbons (Fsp3) is 0.300. The van der Waals surface area contributed by atoms with Crippen LogP contribution in [0, 0.1) is 0 Å². The van der Waals surface area contributed by atoms with E-state index in [1.165, 1.54) is 5.56 Å². The van der Waals surface area contributed by atoms with Crippen molar-refractivity contribution in [2.45, 2.75) is 32.7 Å². The monoisotopic (exact) mass is 339 g/mol. The Labute approximate surface area is 149 Å². The molecule has 132 valence electrons. The highest BCUT2D eigenvalue weighted by Crippen LogP contribution is 2.16. The average Bonchev–Trinajstić information content (AvgIpc) is 2.62. The molecule has 25 heavy (non-hydrogen) atoms. The van der Waals surface area contributed by atoms with Gasteiger partial charge in [-0.2, -0.15) is 5.10 Å². The Morgan fingerprint density at radius 3 is 2.24 bits per heavy atom. The van der Waals surface area contributed by atoms with Crippen LogP contribution in [0.1, 0.15) is 37.8 Å². The molecule has 0 aliphatic carbocycles. The summed E-state index contributed by atoms with van der Waals surface area (Å²) in [4.78, 5) is 12.1. The number of amides is 1. The lowest BCUT2D eigenvalue weighted by atomic mass is 10.0.